The molecule has 6 nitrogen and oxygen atoms in total. The second-order valence-corrected chi connectivity index (χ2v) is 10.6. The minimum atomic E-state index is -0.402. The van der Waals surface area contributed by atoms with Crippen LogP contribution in [0.25, 0.3) is 11.3 Å². The van der Waals surface area contributed by atoms with Crippen LogP contribution in [0, 0.1) is 22.7 Å². The second-order valence-electron chi connectivity index (χ2n) is 10.2. The molecule has 34 heavy (non-hydrogen) atoms. The standard InChI is InChI=1S/C27H36ClN5O/c1-19(2)32-21-8-6-20(7-9-21)14-22-15-23(24(28)16-30-22)25-4-3-5-26(33-25)31-18-27(17-29)10-12-34-13-11-27/h3-5,15-16,19-21,32H,6-14,18H2,1-2H3,(H,31,33). The molecule has 0 bridgehead atoms. The molecule has 1 aliphatic carbocycles. The van der Waals surface area contributed by atoms with E-state index in [0.29, 0.717) is 42.8 Å². The summed E-state index contributed by atoms with van der Waals surface area (Å²) in [6.07, 6.45) is 9.14. The van der Waals surface area contributed by atoms with Crippen LogP contribution in [0.5, 0.6) is 0 Å². The van der Waals surface area contributed by atoms with E-state index in [1.807, 2.05) is 18.2 Å². The van der Waals surface area contributed by atoms with Crippen molar-refractivity contribution in [2.45, 2.75) is 70.9 Å². The lowest BCUT2D eigenvalue weighted by Gasteiger charge is -2.30. The van der Waals surface area contributed by atoms with Crippen molar-refractivity contribution in [1.82, 2.24) is 15.3 Å². The van der Waals surface area contributed by atoms with Crippen molar-refractivity contribution in [3.8, 4) is 17.3 Å². The van der Waals surface area contributed by atoms with Crippen LogP contribution in [-0.2, 0) is 11.2 Å². The number of hydrogen-bond acceptors (Lipinski definition) is 6. The Hall–Kier alpha value is -2.20. The van der Waals surface area contributed by atoms with Gasteiger partial charge >= 0.3 is 0 Å². The molecule has 2 aromatic rings. The van der Waals surface area contributed by atoms with Gasteiger partial charge in [-0.05, 0) is 69.1 Å². The fourth-order valence-corrected chi connectivity index (χ4v) is 5.32. The molecule has 4 rings (SSSR count). The zero-order valence-corrected chi connectivity index (χ0v) is 21.1. The molecule has 0 aromatic carbocycles. The summed E-state index contributed by atoms with van der Waals surface area (Å²) < 4.78 is 5.44. The number of ether oxygens (including phenoxy) is 1. The molecule has 2 aliphatic rings. The average Bonchev–Trinajstić information content (AvgIpc) is 2.85. The third-order valence-electron chi connectivity index (χ3n) is 7.15. The van der Waals surface area contributed by atoms with Crippen LogP contribution in [0.15, 0.2) is 30.5 Å². The van der Waals surface area contributed by atoms with Gasteiger partial charge in [-0.1, -0.05) is 31.5 Å². The predicted octanol–water partition coefficient (Wildman–Crippen LogP) is 5.63. The van der Waals surface area contributed by atoms with E-state index in [1.165, 1.54) is 25.7 Å². The zero-order valence-electron chi connectivity index (χ0n) is 20.3. The Balaban J connectivity index is 1.41. The van der Waals surface area contributed by atoms with E-state index in [0.717, 1.165) is 42.0 Å². The maximum Gasteiger partial charge on any atom is 0.126 e. The quantitative estimate of drug-likeness (QED) is 0.508. The molecule has 0 spiro atoms. The Morgan fingerprint density at radius 1 is 1.21 bits per heavy atom. The van der Waals surface area contributed by atoms with Gasteiger partial charge in [-0.3, -0.25) is 4.98 Å². The number of anilines is 1. The van der Waals surface area contributed by atoms with Gasteiger partial charge in [0.25, 0.3) is 0 Å². The molecule has 0 atom stereocenters. The summed E-state index contributed by atoms with van der Waals surface area (Å²) in [5.74, 6) is 1.42. The van der Waals surface area contributed by atoms with Gasteiger partial charge in [0.15, 0.2) is 0 Å². The summed E-state index contributed by atoms with van der Waals surface area (Å²) in [6.45, 7) is 6.27. The number of rotatable bonds is 8. The van der Waals surface area contributed by atoms with E-state index in [9.17, 15) is 5.26 Å². The number of hydrogen-bond donors (Lipinski definition) is 2. The normalized spacial score (nSPS) is 22.3. The molecule has 3 heterocycles. The first-order valence-corrected chi connectivity index (χ1v) is 12.9. The lowest BCUT2D eigenvalue weighted by Crippen LogP contribution is -2.37. The van der Waals surface area contributed by atoms with Gasteiger partial charge in [0, 0.05) is 49.3 Å². The number of pyridine rings is 2. The van der Waals surface area contributed by atoms with Crippen molar-refractivity contribution in [3.05, 3.63) is 41.2 Å². The summed E-state index contributed by atoms with van der Waals surface area (Å²) >= 11 is 6.55. The highest BCUT2D eigenvalue weighted by Gasteiger charge is 2.32. The van der Waals surface area contributed by atoms with E-state index in [4.69, 9.17) is 21.3 Å². The van der Waals surface area contributed by atoms with Crippen LogP contribution < -0.4 is 10.6 Å². The summed E-state index contributed by atoms with van der Waals surface area (Å²) in [5.41, 5.74) is 2.40. The molecule has 1 saturated heterocycles. The van der Waals surface area contributed by atoms with Crippen LogP contribution in [0.4, 0.5) is 5.82 Å². The van der Waals surface area contributed by atoms with E-state index >= 15 is 0 Å². The summed E-state index contributed by atoms with van der Waals surface area (Å²) in [5, 5.41) is 17.4. The molecule has 1 aliphatic heterocycles. The first-order chi connectivity index (χ1) is 16.5. The van der Waals surface area contributed by atoms with E-state index in [-0.39, 0.29) is 0 Å². The number of nitrogens with one attached hydrogen (secondary N) is 2. The highest BCUT2D eigenvalue weighted by atomic mass is 35.5. The molecule has 0 unspecified atom stereocenters. The molecular formula is C27H36ClN5O. The number of aromatic nitrogens is 2. The fraction of sp³-hybridized carbons (Fsp3) is 0.593. The minimum Gasteiger partial charge on any atom is -0.381 e. The Morgan fingerprint density at radius 3 is 2.68 bits per heavy atom. The smallest absolute Gasteiger partial charge is 0.126 e. The topological polar surface area (TPSA) is 82.9 Å². The molecule has 0 radical (unpaired) electrons. The fourth-order valence-electron chi connectivity index (χ4n) is 5.12. The Labute approximate surface area is 208 Å². The van der Waals surface area contributed by atoms with Gasteiger partial charge in [0.1, 0.15) is 5.82 Å². The first-order valence-electron chi connectivity index (χ1n) is 12.6. The van der Waals surface area contributed by atoms with Gasteiger partial charge in [0.05, 0.1) is 22.2 Å². The summed E-state index contributed by atoms with van der Waals surface area (Å²) in [7, 11) is 0. The SMILES string of the molecule is CC(C)NC1CCC(Cc2cc(-c3cccc(NCC4(C#N)CCOCC4)n3)c(Cl)cn2)CC1. The van der Waals surface area contributed by atoms with Crippen LogP contribution in [0.1, 0.15) is 58.1 Å². The lowest BCUT2D eigenvalue weighted by atomic mass is 9.82. The van der Waals surface area contributed by atoms with Crippen molar-refractivity contribution in [2.24, 2.45) is 11.3 Å². The molecule has 2 N–H and O–H groups in total. The van der Waals surface area contributed by atoms with Crippen LogP contribution in [0.3, 0.4) is 0 Å². The van der Waals surface area contributed by atoms with Gasteiger partial charge < -0.3 is 15.4 Å². The number of halogens is 1. The van der Waals surface area contributed by atoms with E-state index < -0.39 is 5.41 Å². The maximum atomic E-state index is 9.71. The molecule has 7 heteroatoms. The first kappa shape index (κ1) is 24.9. The highest BCUT2D eigenvalue weighted by molar-refractivity contribution is 6.33. The number of nitrogens with zero attached hydrogens (tertiary/aromatic N) is 3. The lowest BCUT2D eigenvalue weighted by molar-refractivity contribution is 0.0455. The van der Waals surface area contributed by atoms with Crippen LogP contribution in [0.2, 0.25) is 5.02 Å². The average molecular weight is 482 g/mol. The van der Waals surface area contributed by atoms with Crippen molar-refractivity contribution in [1.29, 1.82) is 5.26 Å². The predicted molar refractivity (Wildman–Crippen MR) is 137 cm³/mol. The molecule has 1 saturated carbocycles. The second kappa shape index (κ2) is 11.5. The molecule has 2 aromatic heterocycles. The third kappa shape index (κ3) is 6.47. The minimum absolute atomic E-state index is 0.402. The third-order valence-corrected chi connectivity index (χ3v) is 7.45. The molecule has 182 valence electrons. The van der Waals surface area contributed by atoms with Crippen molar-refractivity contribution in [3.63, 3.8) is 0 Å². The van der Waals surface area contributed by atoms with Crippen molar-refractivity contribution < 1.29 is 4.74 Å². The maximum absolute atomic E-state index is 9.71. The van der Waals surface area contributed by atoms with Gasteiger partial charge in [-0.25, -0.2) is 4.98 Å². The summed E-state index contributed by atoms with van der Waals surface area (Å²) in [4.78, 5) is 9.43. The Kier molecular flexibility index (Phi) is 8.41. The van der Waals surface area contributed by atoms with E-state index in [2.05, 4.69) is 41.6 Å². The van der Waals surface area contributed by atoms with Gasteiger partial charge in [0.2, 0.25) is 0 Å². The van der Waals surface area contributed by atoms with E-state index in [1.54, 1.807) is 6.20 Å². The Morgan fingerprint density at radius 2 is 1.97 bits per heavy atom. The van der Waals surface area contributed by atoms with Crippen LogP contribution >= 0.6 is 11.6 Å². The number of nitriles is 1. The Bertz CT molecular complexity index is 991. The van der Waals surface area contributed by atoms with Gasteiger partial charge in [-0.2, -0.15) is 5.26 Å². The summed E-state index contributed by atoms with van der Waals surface area (Å²) in [6, 6.07) is 11.7. The molecule has 0 amide bonds. The van der Waals surface area contributed by atoms with Crippen molar-refractivity contribution >= 4 is 17.4 Å². The highest BCUT2D eigenvalue weighted by Crippen LogP contribution is 2.32. The largest absolute Gasteiger partial charge is 0.381 e. The molecule has 2 fully saturated rings. The van der Waals surface area contributed by atoms with Gasteiger partial charge in [-0.15, -0.1) is 0 Å². The van der Waals surface area contributed by atoms with Crippen LogP contribution in [-0.4, -0.2) is 41.8 Å². The monoisotopic (exact) mass is 481 g/mol. The molecular weight excluding hydrogens is 446 g/mol. The zero-order chi connectivity index (χ0) is 24.0. The van der Waals surface area contributed by atoms with Crippen molar-refractivity contribution in [2.75, 3.05) is 25.1 Å².